The van der Waals surface area contributed by atoms with Crippen molar-refractivity contribution in [2.45, 2.75) is 25.0 Å². The lowest BCUT2D eigenvalue weighted by Crippen LogP contribution is -2.68. The van der Waals surface area contributed by atoms with Crippen LogP contribution in [-0.4, -0.2) is 63.9 Å². The molecule has 3 saturated heterocycles. The summed E-state index contributed by atoms with van der Waals surface area (Å²) in [5.41, 5.74) is 3.99. The third-order valence-corrected chi connectivity index (χ3v) is 7.15. The lowest BCUT2D eigenvalue weighted by Gasteiger charge is -2.56. The maximum absolute atomic E-state index is 6.42. The Morgan fingerprint density at radius 3 is 2.53 bits per heavy atom. The van der Waals surface area contributed by atoms with Crippen LogP contribution >= 0.6 is 11.6 Å². The molecule has 0 saturated carbocycles. The molecule has 2 atom stereocenters. The zero-order valence-electron chi connectivity index (χ0n) is 19.1. The van der Waals surface area contributed by atoms with E-state index in [0.29, 0.717) is 23.0 Å². The van der Waals surface area contributed by atoms with E-state index in [1.54, 1.807) is 24.9 Å². The Balaban J connectivity index is 1.18. The highest BCUT2D eigenvalue weighted by atomic mass is 35.5. The van der Waals surface area contributed by atoms with Crippen molar-refractivity contribution < 1.29 is 9.47 Å². The highest BCUT2D eigenvalue weighted by molar-refractivity contribution is 6.34. The summed E-state index contributed by atoms with van der Waals surface area (Å²) in [5.74, 6) is 2.37. The Morgan fingerprint density at radius 1 is 1.00 bits per heavy atom. The number of anilines is 1. The average Bonchev–Trinajstić information content (AvgIpc) is 3.27. The third kappa shape index (κ3) is 3.63. The van der Waals surface area contributed by atoms with Crippen molar-refractivity contribution in [2.24, 2.45) is 0 Å². The van der Waals surface area contributed by atoms with Crippen LogP contribution in [-0.2, 0) is 6.54 Å². The fourth-order valence-electron chi connectivity index (χ4n) is 5.09. The van der Waals surface area contributed by atoms with E-state index < -0.39 is 0 Å². The minimum atomic E-state index is 0.533. The fourth-order valence-corrected chi connectivity index (χ4v) is 5.32. The van der Waals surface area contributed by atoms with Crippen molar-refractivity contribution in [3.8, 4) is 22.8 Å². The quantitative estimate of drug-likeness (QED) is 0.417. The first kappa shape index (κ1) is 21.2. The number of pyridine rings is 3. The first-order valence-corrected chi connectivity index (χ1v) is 11.7. The van der Waals surface area contributed by atoms with Crippen molar-refractivity contribution in [3.05, 3.63) is 65.7 Å². The normalized spacial score (nSPS) is 19.8. The van der Waals surface area contributed by atoms with Crippen molar-refractivity contribution in [1.29, 1.82) is 0 Å². The molecular formula is C25H25ClN6O2. The predicted molar refractivity (Wildman–Crippen MR) is 131 cm³/mol. The zero-order valence-corrected chi connectivity index (χ0v) is 19.8. The number of hydrogen-bond acceptors (Lipinski definition) is 7. The molecule has 9 heteroatoms. The molecule has 0 amide bonds. The van der Waals surface area contributed by atoms with Gasteiger partial charge in [-0.1, -0.05) is 17.7 Å². The molecule has 4 aromatic rings. The molecule has 4 aromatic heterocycles. The lowest BCUT2D eigenvalue weighted by atomic mass is 9.87. The molecule has 3 aliphatic heterocycles. The van der Waals surface area contributed by atoms with E-state index in [0.717, 1.165) is 47.8 Å². The number of fused-ring (bicyclic) bond motifs is 3. The maximum atomic E-state index is 6.42. The van der Waals surface area contributed by atoms with Gasteiger partial charge in [0.25, 0.3) is 0 Å². The number of methoxy groups -OCH3 is 2. The number of aromatic nitrogens is 4. The van der Waals surface area contributed by atoms with Crippen LogP contribution in [0.5, 0.6) is 11.6 Å². The Hall–Kier alpha value is -3.36. The Morgan fingerprint density at radius 2 is 1.85 bits per heavy atom. The summed E-state index contributed by atoms with van der Waals surface area (Å²) in [7, 11) is 3.29. The highest BCUT2D eigenvalue weighted by Crippen LogP contribution is 2.37. The molecule has 3 fully saturated rings. The van der Waals surface area contributed by atoms with E-state index in [4.69, 9.17) is 26.1 Å². The largest absolute Gasteiger partial charge is 0.495 e. The molecule has 0 aliphatic carbocycles. The van der Waals surface area contributed by atoms with Gasteiger partial charge in [-0.3, -0.25) is 4.90 Å². The standard InChI is InChI=1S/C25H25ClN6O2/c1-33-20-8-21(25-22(26)11-29-32(25)15-20)17-4-5-23(27-10-17)30-13-18-7-19(14-30)31(18)12-16-3-6-24(34-2)28-9-16/h3-6,8-11,15,18-19H,7,12-14H2,1-2H3. The number of ether oxygens (including phenoxy) is 2. The second-order valence-corrected chi connectivity index (χ2v) is 9.22. The van der Waals surface area contributed by atoms with Crippen LogP contribution in [0.3, 0.4) is 0 Å². The first-order valence-electron chi connectivity index (χ1n) is 11.3. The van der Waals surface area contributed by atoms with Gasteiger partial charge in [-0.25, -0.2) is 14.5 Å². The number of hydrogen-bond donors (Lipinski definition) is 0. The minimum absolute atomic E-state index is 0.533. The van der Waals surface area contributed by atoms with Crippen LogP contribution in [0.25, 0.3) is 16.6 Å². The molecule has 2 bridgehead atoms. The molecule has 2 unspecified atom stereocenters. The molecule has 3 aliphatic rings. The monoisotopic (exact) mass is 476 g/mol. The van der Waals surface area contributed by atoms with Gasteiger partial charge in [0.15, 0.2) is 0 Å². The summed E-state index contributed by atoms with van der Waals surface area (Å²) in [6, 6.07) is 11.3. The van der Waals surface area contributed by atoms with E-state index in [-0.39, 0.29) is 0 Å². The Kier molecular flexibility index (Phi) is 5.27. The summed E-state index contributed by atoms with van der Waals surface area (Å²) in [6.45, 7) is 2.87. The molecule has 174 valence electrons. The third-order valence-electron chi connectivity index (χ3n) is 6.88. The minimum Gasteiger partial charge on any atom is -0.495 e. The van der Waals surface area contributed by atoms with Gasteiger partial charge in [0.2, 0.25) is 5.88 Å². The Bertz CT molecular complexity index is 1310. The summed E-state index contributed by atoms with van der Waals surface area (Å²) in [6.07, 6.45) is 8.52. The maximum Gasteiger partial charge on any atom is 0.212 e. The topological polar surface area (TPSA) is 68.0 Å². The number of halogens is 1. The van der Waals surface area contributed by atoms with Crippen LogP contribution in [0.15, 0.2) is 55.1 Å². The van der Waals surface area contributed by atoms with Crippen molar-refractivity contribution >= 4 is 22.9 Å². The molecule has 34 heavy (non-hydrogen) atoms. The number of nitrogens with zero attached hydrogens (tertiary/aromatic N) is 6. The van der Waals surface area contributed by atoms with Gasteiger partial charge < -0.3 is 14.4 Å². The van der Waals surface area contributed by atoms with E-state index in [9.17, 15) is 0 Å². The number of rotatable bonds is 6. The lowest BCUT2D eigenvalue weighted by molar-refractivity contribution is -0.00876. The molecule has 7 heterocycles. The molecule has 0 aromatic carbocycles. The van der Waals surface area contributed by atoms with Gasteiger partial charge in [0, 0.05) is 61.3 Å². The Labute approximate surface area is 202 Å². The van der Waals surface area contributed by atoms with E-state index in [1.165, 1.54) is 12.0 Å². The summed E-state index contributed by atoms with van der Waals surface area (Å²) in [5, 5.41) is 4.93. The van der Waals surface area contributed by atoms with Crippen LogP contribution in [0.4, 0.5) is 5.82 Å². The second-order valence-electron chi connectivity index (χ2n) is 8.81. The van der Waals surface area contributed by atoms with E-state index in [2.05, 4.69) is 38.1 Å². The van der Waals surface area contributed by atoms with Gasteiger partial charge in [-0.2, -0.15) is 5.10 Å². The molecule has 0 N–H and O–H groups in total. The van der Waals surface area contributed by atoms with Gasteiger partial charge in [0.1, 0.15) is 11.6 Å². The van der Waals surface area contributed by atoms with Crippen molar-refractivity contribution in [2.75, 3.05) is 32.2 Å². The predicted octanol–water partition coefficient (Wildman–Crippen LogP) is 3.93. The van der Waals surface area contributed by atoms with Gasteiger partial charge in [0.05, 0.1) is 37.2 Å². The van der Waals surface area contributed by atoms with Crippen LogP contribution in [0.1, 0.15) is 12.0 Å². The summed E-state index contributed by atoms with van der Waals surface area (Å²) < 4.78 is 12.4. The van der Waals surface area contributed by atoms with Crippen molar-refractivity contribution in [3.63, 3.8) is 0 Å². The summed E-state index contributed by atoms with van der Waals surface area (Å²) >= 11 is 6.42. The molecule has 7 rings (SSSR count). The number of piperazine rings is 1. The number of piperidine rings is 1. The van der Waals surface area contributed by atoms with Gasteiger partial charge in [-0.15, -0.1) is 0 Å². The van der Waals surface area contributed by atoms with Gasteiger partial charge >= 0.3 is 0 Å². The highest BCUT2D eigenvalue weighted by Gasteiger charge is 2.44. The summed E-state index contributed by atoms with van der Waals surface area (Å²) in [4.78, 5) is 14.1. The van der Waals surface area contributed by atoms with E-state index in [1.807, 2.05) is 30.7 Å². The van der Waals surface area contributed by atoms with Gasteiger partial charge in [-0.05, 0) is 30.2 Å². The van der Waals surface area contributed by atoms with Crippen LogP contribution in [0, 0.1) is 0 Å². The second kappa shape index (κ2) is 8.45. The van der Waals surface area contributed by atoms with Crippen LogP contribution in [0.2, 0.25) is 5.02 Å². The smallest absolute Gasteiger partial charge is 0.212 e. The first-order chi connectivity index (χ1) is 16.6. The molecule has 0 spiro atoms. The molecular weight excluding hydrogens is 452 g/mol. The van der Waals surface area contributed by atoms with E-state index >= 15 is 0 Å². The average molecular weight is 477 g/mol. The SMILES string of the molecule is COc1cc(-c2ccc(N3CC4CC(C3)N4Cc3ccc(OC)nc3)nc2)c2c(Cl)cnn2c1. The molecule has 8 nitrogen and oxygen atoms in total. The zero-order chi connectivity index (χ0) is 23.2. The fraction of sp³-hybridized carbons (Fsp3) is 0.320. The van der Waals surface area contributed by atoms with Crippen molar-refractivity contribution in [1.82, 2.24) is 24.5 Å². The molecule has 0 radical (unpaired) electrons. The van der Waals surface area contributed by atoms with Crippen LogP contribution < -0.4 is 14.4 Å².